The zero-order chi connectivity index (χ0) is 19.9. The second kappa shape index (κ2) is 7.32. The molecule has 11 heteroatoms. The average molecular weight is 436 g/mol. The molecule has 5 N–H and O–H groups in total. The van der Waals surface area contributed by atoms with Crippen molar-refractivity contribution in [3.63, 3.8) is 0 Å². The minimum atomic E-state index is -3.76. The highest BCUT2D eigenvalue weighted by molar-refractivity contribution is 7.99. The Kier molecular flexibility index (Phi) is 5.00. The number of carbonyl (C=O) groups is 1. The van der Waals surface area contributed by atoms with E-state index in [1.165, 1.54) is 46.5 Å². The predicted molar refractivity (Wildman–Crippen MR) is 111 cm³/mol. The number of nitrogens with two attached hydrogens (primary N) is 2. The quantitative estimate of drug-likeness (QED) is 0.412. The van der Waals surface area contributed by atoms with Gasteiger partial charge in [0.15, 0.2) is 5.16 Å². The summed E-state index contributed by atoms with van der Waals surface area (Å²) in [7, 11) is -3.76. The van der Waals surface area contributed by atoms with Crippen LogP contribution in [0.15, 0.2) is 34.3 Å². The molecule has 2 aromatic heterocycles. The second-order valence-electron chi connectivity index (χ2n) is 6.34. The highest BCUT2D eigenvalue weighted by atomic mass is 32.2. The normalized spacial score (nSPS) is 13.6. The molecule has 0 aliphatic heterocycles. The second-order valence-corrected chi connectivity index (χ2v) is 9.92. The van der Waals surface area contributed by atoms with E-state index in [-0.39, 0.29) is 16.6 Å². The summed E-state index contributed by atoms with van der Waals surface area (Å²) < 4.78 is 22.5. The number of primary sulfonamides is 1. The molecule has 0 fully saturated rings. The van der Waals surface area contributed by atoms with E-state index in [0.29, 0.717) is 16.7 Å². The van der Waals surface area contributed by atoms with Gasteiger partial charge >= 0.3 is 0 Å². The van der Waals surface area contributed by atoms with E-state index in [1.54, 1.807) is 11.3 Å². The summed E-state index contributed by atoms with van der Waals surface area (Å²) in [5.74, 6) is 0.308. The van der Waals surface area contributed by atoms with Crippen molar-refractivity contribution in [1.82, 2.24) is 9.97 Å². The highest BCUT2D eigenvalue weighted by Crippen LogP contribution is 2.39. The lowest BCUT2D eigenvalue weighted by Gasteiger charge is -2.06. The zero-order valence-electron chi connectivity index (χ0n) is 14.6. The number of thioether (sulfide) groups is 1. The number of nitrogen functional groups attached to an aromatic ring is 1. The van der Waals surface area contributed by atoms with Crippen LogP contribution in [0, 0.1) is 0 Å². The highest BCUT2D eigenvalue weighted by Gasteiger charge is 2.21. The van der Waals surface area contributed by atoms with Crippen LogP contribution in [0.3, 0.4) is 0 Å². The number of sulfonamides is 1. The Hall–Kier alpha value is -2.21. The van der Waals surface area contributed by atoms with Crippen LogP contribution in [0.4, 0.5) is 11.5 Å². The first kappa shape index (κ1) is 19.1. The van der Waals surface area contributed by atoms with Crippen LogP contribution in [0.2, 0.25) is 0 Å². The Balaban J connectivity index is 1.42. The van der Waals surface area contributed by atoms with Gasteiger partial charge in [0.2, 0.25) is 15.9 Å². The number of nitrogens with one attached hydrogen (secondary N) is 1. The minimum absolute atomic E-state index is 0.0140. The van der Waals surface area contributed by atoms with E-state index in [9.17, 15) is 13.2 Å². The fraction of sp³-hybridized carbons (Fsp3) is 0.235. The number of hydrogen-bond acceptors (Lipinski definition) is 8. The van der Waals surface area contributed by atoms with Crippen LogP contribution in [0.5, 0.6) is 0 Å². The molecule has 0 saturated heterocycles. The molecule has 8 nitrogen and oxygen atoms in total. The van der Waals surface area contributed by atoms with E-state index in [0.717, 1.165) is 29.5 Å². The maximum Gasteiger partial charge on any atom is 0.238 e. The molecule has 0 radical (unpaired) electrons. The number of rotatable bonds is 5. The summed E-state index contributed by atoms with van der Waals surface area (Å²) in [6.45, 7) is 0. The van der Waals surface area contributed by atoms with Crippen LogP contribution in [0.1, 0.15) is 16.9 Å². The Bertz CT molecular complexity index is 1170. The van der Waals surface area contributed by atoms with Crippen molar-refractivity contribution in [3.05, 3.63) is 34.7 Å². The maximum atomic E-state index is 12.2. The molecule has 1 aliphatic rings. The van der Waals surface area contributed by atoms with Crippen molar-refractivity contribution < 1.29 is 13.2 Å². The van der Waals surface area contributed by atoms with Crippen molar-refractivity contribution >= 4 is 60.8 Å². The van der Waals surface area contributed by atoms with Gasteiger partial charge in [-0.25, -0.2) is 23.5 Å². The summed E-state index contributed by atoms with van der Waals surface area (Å²) in [6, 6.07) is 5.64. The number of aromatic nitrogens is 2. The van der Waals surface area contributed by atoms with Crippen LogP contribution in [-0.4, -0.2) is 30.0 Å². The molecule has 1 aromatic carbocycles. The smallest absolute Gasteiger partial charge is 0.238 e. The van der Waals surface area contributed by atoms with E-state index < -0.39 is 10.0 Å². The van der Waals surface area contributed by atoms with Crippen molar-refractivity contribution in [3.8, 4) is 0 Å². The van der Waals surface area contributed by atoms with Gasteiger partial charge < -0.3 is 11.1 Å². The molecular weight excluding hydrogens is 418 g/mol. The summed E-state index contributed by atoms with van der Waals surface area (Å²) in [5.41, 5.74) is 7.88. The van der Waals surface area contributed by atoms with Crippen molar-refractivity contribution in [2.75, 3.05) is 16.8 Å². The number of benzene rings is 1. The molecule has 3 aromatic rings. The van der Waals surface area contributed by atoms with Crippen molar-refractivity contribution in [2.24, 2.45) is 5.14 Å². The Morgan fingerprint density at radius 3 is 2.68 bits per heavy atom. The topological polar surface area (TPSA) is 141 Å². The molecule has 146 valence electrons. The number of aryl methyl sites for hydroxylation is 2. The van der Waals surface area contributed by atoms with E-state index >= 15 is 0 Å². The lowest BCUT2D eigenvalue weighted by atomic mass is 10.2. The largest absolute Gasteiger partial charge is 0.383 e. The third-order valence-corrected chi connectivity index (χ3v) is 7.33. The molecule has 2 heterocycles. The van der Waals surface area contributed by atoms with Gasteiger partial charge in [0, 0.05) is 10.6 Å². The van der Waals surface area contributed by atoms with Gasteiger partial charge in [0.1, 0.15) is 10.6 Å². The summed E-state index contributed by atoms with van der Waals surface area (Å²) >= 11 is 2.85. The van der Waals surface area contributed by atoms with E-state index in [1.807, 2.05) is 0 Å². The van der Waals surface area contributed by atoms with Crippen LogP contribution in [-0.2, 0) is 27.7 Å². The Labute approximate surface area is 169 Å². The molecule has 0 saturated carbocycles. The molecule has 1 amide bonds. The minimum Gasteiger partial charge on any atom is -0.383 e. The lowest BCUT2D eigenvalue weighted by Crippen LogP contribution is -2.15. The van der Waals surface area contributed by atoms with Gasteiger partial charge in [-0.3, -0.25) is 4.79 Å². The SMILES string of the molecule is Nc1nc(SCC(=O)Nc2ccc(S(N)(=O)=O)cc2)nc2sc3c(c12)CCC3. The van der Waals surface area contributed by atoms with E-state index in [4.69, 9.17) is 10.9 Å². The summed E-state index contributed by atoms with van der Waals surface area (Å²) in [5, 5.41) is 9.17. The summed E-state index contributed by atoms with van der Waals surface area (Å²) in [6.07, 6.45) is 3.22. The number of thiophene rings is 1. The number of hydrogen-bond donors (Lipinski definition) is 3. The fourth-order valence-electron chi connectivity index (χ4n) is 3.12. The molecule has 4 rings (SSSR count). The number of carbonyl (C=O) groups excluding carboxylic acids is 1. The number of amides is 1. The number of fused-ring (bicyclic) bond motifs is 3. The van der Waals surface area contributed by atoms with Crippen LogP contribution < -0.4 is 16.2 Å². The van der Waals surface area contributed by atoms with Gasteiger partial charge in [0.25, 0.3) is 0 Å². The van der Waals surface area contributed by atoms with Gasteiger partial charge in [0.05, 0.1) is 16.0 Å². The lowest BCUT2D eigenvalue weighted by molar-refractivity contribution is -0.113. The Morgan fingerprint density at radius 2 is 1.96 bits per heavy atom. The third kappa shape index (κ3) is 3.83. The standard InChI is InChI=1S/C17H17N5O3S3/c18-15-14-11-2-1-3-12(11)27-16(14)22-17(21-15)26-8-13(23)20-9-4-6-10(7-5-9)28(19,24)25/h4-7H,1-3,8H2,(H,20,23)(H2,18,21,22)(H2,19,24,25). The monoisotopic (exact) mass is 435 g/mol. The van der Waals surface area contributed by atoms with E-state index in [2.05, 4.69) is 15.3 Å². The summed E-state index contributed by atoms with van der Waals surface area (Å²) in [4.78, 5) is 23.3. The van der Waals surface area contributed by atoms with Gasteiger partial charge in [-0.05, 0) is 49.1 Å². The average Bonchev–Trinajstić information content (AvgIpc) is 3.20. The zero-order valence-corrected chi connectivity index (χ0v) is 17.1. The fourth-order valence-corrected chi connectivity index (χ4v) is 5.62. The first-order valence-electron chi connectivity index (χ1n) is 8.44. The Morgan fingerprint density at radius 1 is 1.21 bits per heavy atom. The van der Waals surface area contributed by atoms with Crippen LogP contribution >= 0.6 is 23.1 Å². The first-order chi connectivity index (χ1) is 13.3. The number of anilines is 2. The van der Waals surface area contributed by atoms with Gasteiger partial charge in [-0.2, -0.15) is 0 Å². The molecule has 1 aliphatic carbocycles. The van der Waals surface area contributed by atoms with Crippen molar-refractivity contribution in [1.29, 1.82) is 0 Å². The molecular formula is C17H17N5O3S3. The third-order valence-electron chi connectivity index (χ3n) is 4.37. The van der Waals surface area contributed by atoms with Crippen molar-refractivity contribution in [2.45, 2.75) is 29.3 Å². The molecule has 0 unspecified atom stereocenters. The molecule has 0 spiro atoms. The molecule has 0 bridgehead atoms. The van der Waals surface area contributed by atoms with Crippen LogP contribution in [0.25, 0.3) is 10.2 Å². The first-order valence-corrected chi connectivity index (χ1v) is 11.8. The van der Waals surface area contributed by atoms with Gasteiger partial charge in [-0.15, -0.1) is 11.3 Å². The molecule has 28 heavy (non-hydrogen) atoms. The maximum absolute atomic E-state index is 12.2. The molecule has 0 atom stereocenters. The van der Waals surface area contributed by atoms with Gasteiger partial charge in [-0.1, -0.05) is 11.8 Å². The predicted octanol–water partition coefficient (Wildman–Crippen LogP) is 2.14. The number of nitrogens with zero attached hydrogens (tertiary/aromatic N) is 2.